The lowest BCUT2D eigenvalue weighted by Crippen LogP contribution is -2.38. The Hall–Kier alpha value is -1.53. The van der Waals surface area contributed by atoms with E-state index in [-0.39, 0.29) is 18.4 Å². The summed E-state index contributed by atoms with van der Waals surface area (Å²) in [5, 5.41) is 5.24. The van der Waals surface area contributed by atoms with Crippen molar-refractivity contribution in [3.05, 3.63) is 35.4 Å². The second kappa shape index (κ2) is 10.2. The van der Waals surface area contributed by atoms with E-state index < -0.39 is 0 Å². The molecule has 0 bridgehead atoms. The highest BCUT2D eigenvalue weighted by atomic mass is 32.2. The fraction of sp³-hybridized carbons (Fsp3) is 0.467. The zero-order valence-electron chi connectivity index (χ0n) is 12.5. The van der Waals surface area contributed by atoms with Crippen LogP contribution in [0.1, 0.15) is 11.1 Å². The molecule has 0 saturated heterocycles. The molecule has 0 aliphatic heterocycles. The minimum Gasteiger partial charge on any atom is -0.383 e. The topological polar surface area (TPSA) is 67.4 Å². The zero-order valence-corrected chi connectivity index (χ0v) is 13.3. The third-order valence-corrected chi connectivity index (χ3v) is 3.66. The van der Waals surface area contributed by atoms with E-state index in [9.17, 15) is 9.59 Å². The highest BCUT2D eigenvalue weighted by Crippen LogP contribution is 2.12. The summed E-state index contributed by atoms with van der Waals surface area (Å²) in [7, 11) is 1.57. The summed E-state index contributed by atoms with van der Waals surface area (Å²) in [5.41, 5.74) is 2.41. The number of nitrogens with one attached hydrogen (secondary N) is 2. The molecule has 1 rings (SSSR count). The van der Waals surface area contributed by atoms with Crippen LogP contribution in [0.5, 0.6) is 0 Å². The quantitative estimate of drug-likeness (QED) is 0.671. The van der Waals surface area contributed by atoms with E-state index in [4.69, 9.17) is 4.74 Å². The first kappa shape index (κ1) is 17.5. The summed E-state index contributed by atoms with van der Waals surface area (Å²) < 4.78 is 4.82. The van der Waals surface area contributed by atoms with E-state index in [0.717, 1.165) is 5.75 Å². The van der Waals surface area contributed by atoms with Crippen LogP contribution in [-0.2, 0) is 20.1 Å². The van der Waals surface area contributed by atoms with Gasteiger partial charge in [0, 0.05) is 19.4 Å². The van der Waals surface area contributed by atoms with Gasteiger partial charge in [-0.1, -0.05) is 29.8 Å². The van der Waals surface area contributed by atoms with Crippen molar-refractivity contribution in [3.8, 4) is 0 Å². The Balaban J connectivity index is 2.12. The maximum Gasteiger partial charge on any atom is 0.239 e. The van der Waals surface area contributed by atoms with Crippen LogP contribution in [0, 0.1) is 6.92 Å². The number of carbonyl (C=O) groups is 2. The molecule has 2 N–H and O–H groups in total. The Bertz CT molecular complexity index is 466. The van der Waals surface area contributed by atoms with Crippen LogP contribution in [0.2, 0.25) is 0 Å². The van der Waals surface area contributed by atoms with Crippen molar-refractivity contribution in [3.63, 3.8) is 0 Å². The zero-order chi connectivity index (χ0) is 15.5. The van der Waals surface area contributed by atoms with Gasteiger partial charge in [-0.25, -0.2) is 0 Å². The minimum absolute atomic E-state index is 0.00749. The Morgan fingerprint density at radius 3 is 2.76 bits per heavy atom. The lowest BCUT2D eigenvalue weighted by Gasteiger charge is -2.07. The average molecular weight is 310 g/mol. The van der Waals surface area contributed by atoms with Gasteiger partial charge < -0.3 is 15.4 Å². The van der Waals surface area contributed by atoms with E-state index in [2.05, 4.69) is 16.7 Å². The molecule has 2 amide bonds. The molecule has 0 saturated carbocycles. The van der Waals surface area contributed by atoms with Gasteiger partial charge in [-0.3, -0.25) is 9.59 Å². The van der Waals surface area contributed by atoms with Gasteiger partial charge in [-0.15, -0.1) is 11.8 Å². The SMILES string of the molecule is COCCNC(=O)CNC(=O)CSCc1cccc(C)c1. The summed E-state index contributed by atoms with van der Waals surface area (Å²) in [6.45, 7) is 2.97. The Morgan fingerprint density at radius 2 is 2.05 bits per heavy atom. The summed E-state index contributed by atoms with van der Waals surface area (Å²) in [6.07, 6.45) is 0. The van der Waals surface area contributed by atoms with Gasteiger partial charge in [0.15, 0.2) is 0 Å². The molecule has 0 heterocycles. The first-order valence-electron chi connectivity index (χ1n) is 6.77. The molecule has 5 nitrogen and oxygen atoms in total. The van der Waals surface area contributed by atoms with Crippen molar-refractivity contribution in [2.75, 3.05) is 32.6 Å². The van der Waals surface area contributed by atoms with Crippen molar-refractivity contribution < 1.29 is 14.3 Å². The van der Waals surface area contributed by atoms with E-state index >= 15 is 0 Å². The molecule has 0 radical (unpaired) electrons. The molecule has 0 fully saturated rings. The normalized spacial score (nSPS) is 10.2. The number of methoxy groups -OCH3 is 1. The lowest BCUT2D eigenvalue weighted by molar-refractivity contribution is -0.124. The predicted molar refractivity (Wildman–Crippen MR) is 85.2 cm³/mol. The van der Waals surface area contributed by atoms with Gasteiger partial charge in [0.1, 0.15) is 0 Å². The fourth-order valence-corrected chi connectivity index (χ4v) is 2.45. The highest BCUT2D eigenvalue weighted by Gasteiger charge is 2.05. The van der Waals surface area contributed by atoms with Gasteiger partial charge in [-0.05, 0) is 12.5 Å². The van der Waals surface area contributed by atoms with Gasteiger partial charge in [0.2, 0.25) is 11.8 Å². The molecule has 1 aromatic carbocycles. The number of thioether (sulfide) groups is 1. The van der Waals surface area contributed by atoms with Crippen molar-refractivity contribution >= 4 is 23.6 Å². The minimum atomic E-state index is -0.205. The van der Waals surface area contributed by atoms with Crippen molar-refractivity contribution in [2.45, 2.75) is 12.7 Å². The Labute approximate surface area is 129 Å². The summed E-state index contributed by atoms with van der Waals surface area (Å²) >= 11 is 1.53. The number of hydrogen-bond acceptors (Lipinski definition) is 4. The van der Waals surface area contributed by atoms with Crippen LogP contribution < -0.4 is 10.6 Å². The molecule has 116 valence electrons. The maximum absolute atomic E-state index is 11.6. The van der Waals surface area contributed by atoms with E-state index in [1.165, 1.54) is 22.9 Å². The molecule has 0 unspecified atom stereocenters. The molecule has 6 heteroatoms. The number of ether oxygens (including phenoxy) is 1. The van der Waals surface area contributed by atoms with E-state index in [1.807, 2.05) is 25.1 Å². The number of rotatable bonds is 9. The maximum atomic E-state index is 11.6. The molecular weight excluding hydrogens is 288 g/mol. The molecule has 0 aliphatic rings. The van der Waals surface area contributed by atoms with Crippen LogP contribution in [0.15, 0.2) is 24.3 Å². The molecule has 21 heavy (non-hydrogen) atoms. The molecule has 0 atom stereocenters. The van der Waals surface area contributed by atoms with Gasteiger partial charge in [0.25, 0.3) is 0 Å². The Morgan fingerprint density at radius 1 is 1.24 bits per heavy atom. The first-order chi connectivity index (χ1) is 10.1. The van der Waals surface area contributed by atoms with Gasteiger partial charge >= 0.3 is 0 Å². The first-order valence-corrected chi connectivity index (χ1v) is 7.93. The number of carbonyl (C=O) groups excluding carboxylic acids is 2. The smallest absolute Gasteiger partial charge is 0.239 e. The van der Waals surface area contributed by atoms with Gasteiger partial charge in [0.05, 0.1) is 18.9 Å². The molecule has 0 spiro atoms. The summed E-state index contributed by atoms with van der Waals surface area (Å²) in [4.78, 5) is 23.0. The molecule has 1 aromatic rings. The number of hydrogen-bond donors (Lipinski definition) is 2. The third kappa shape index (κ3) is 8.37. The average Bonchev–Trinajstić information content (AvgIpc) is 2.45. The largest absolute Gasteiger partial charge is 0.383 e. The standard InChI is InChI=1S/C15H22N2O3S/c1-12-4-3-5-13(8-12)10-21-11-15(19)17-9-14(18)16-6-7-20-2/h3-5,8H,6-7,9-11H2,1-2H3,(H,16,18)(H,17,19). The second-order valence-corrected chi connectivity index (χ2v) is 5.59. The van der Waals surface area contributed by atoms with E-state index in [1.54, 1.807) is 7.11 Å². The van der Waals surface area contributed by atoms with Crippen molar-refractivity contribution in [1.29, 1.82) is 0 Å². The number of amides is 2. The lowest BCUT2D eigenvalue weighted by atomic mass is 10.2. The predicted octanol–water partition coefficient (Wildman–Crippen LogP) is 1.11. The van der Waals surface area contributed by atoms with E-state index in [0.29, 0.717) is 18.9 Å². The highest BCUT2D eigenvalue weighted by molar-refractivity contribution is 7.99. The van der Waals surface area contributed by atoms with Crippen LogP contribution in [-0.4, -0.2) is 44.4 Å². The molecular formula is C15H22N2O3S. The number of aryl methyl sites for hydroxylation is 1. The van der Waals surface area contributed by atoms with Crippen LogP contribution in [0.3, 0.4) is 0 Å². The van der Waals surface area contributed by atoms with Crippen molar-refractivity contribution in [2.24, 2.45) is 0 Å². The second-order valence-electron chi connectivity index (χ2n) is 4.60. The number of benzene rings is 1. The third-order valence-electron chi connectivity index (χ3n) is 2.66. The van der Waals surface area contributed by atoms with Crippen LogP contribution >= 0.6 is 11.8 Å². The molecule has 0 aliphatic carbocycles. The molecule has 0 aromatic heterocycles. The van der Waals surface area contributed by atoms with Crippen LogP contribution in [0.25, 0.3) is 0 Å². The summed E-state index contributed by atoms with van der Waals surface area (Å²) in [6, 6.07) is 8.20. The monoisotopic (exact) mass is 310 g/mol. The Kier molecular flexibility index (Phi) is 8.54. The summed E-state index contributed by atoms with van der Waals surface area (Å²) in [5.74, 6) is 0.799. The fourth-order valence-electron chi connectivity index (χ4n) is 1.65. The van der Waals surface area contributed by atoms with Gasteiger partial charge in [-0.2, -0.15) is 0 Å². The van der Waals surface area contributed by atoms with Crippen molar-refractivity contribution in [1.82, 2.24) is 10.6 Å². The van der Waals surface area contributed by atoms with Crippen LogP contribution in [0.4, 0.5) is 0 Å².